The number of primary sulfonamides is 1. The Kier molecular flexibility index (Phi) is 5.63. The highest BCUT2D eigenvalue weighted by molar-refractivity contribution is 7.88. The van der Waals surface area contributed by atoms with E-state index in [0.29, 0.717) is 18.5 Å². The quantitative estimate of drug-likeness (QED) is 0.668. The first-order chi connectivity index (χ1) is 9.07. The van der Waals surface area contributed by atoms with Crippen molar-refractivity contribution in [3.8, 4) is 0 Å². The van der Waals surface area contributed by atoms with Crippen LogP contribution in [0.5, 0.6) is 0 Å². The molecule has 0 bridgehead atoms. The number of sulfonamides is 2. The number of nitrogens with one attached hydrogen (secondary N) is 1. The van der Waals surface area contributed by atoms with Crippen molar-refractivity contribution in [2.75, 3.05) is 19.1 Å². The van der Waals surface area contributed by atoms with Crippen molar-refractivity contribution in [1.29, 1.82) is 0 Å². The van der Waals surface area contributed by atoms with Gasteiger partial charge < -0.3 is 0 Å². The summed E-state index contributed by atoms with van der Waals surface area (Å²) < 4.78 is 60.8. The second-order valence-electron chi connectivity index (χ2n) is 4.55. The van der Waals surface area contributed by atoms with Crippen molar-refractivity contribution in [3.05, 3.63) is 35.1 Å². The van der Waals surface area contributed by atoms with E-state index in [1.165, 1.54) is 16.9 Å². The normalized spacial score (nSPS) is 12.6. The molecular formula is C11H18FN2O4S2+. The van der Waals surface area contributed by atoms with Gasteiger partial charge in [-0.1, -0.05) is 12.1 Å². The molecule has 0 spiro atoms. The lowest BCUT2D eigenvalue weighted by Crippen LogP contribution is -2.87. The lowest BCUT2D eigenvalue weighted by molar-refractivity contribution is -0.495. The number of hydrogen-bond donors (Lipinski definition) is 2. The lowest BCUT2D eigenvalue weighted by Gasteiger charge is -2.06. The molecule has 0 saturated heterocycles. The first kappa shape index (κ1) is 17.0. The Bertz CT molecular complexity index is 672. The summed E-state index contributed by atoms with van der Waals surface area (Å²) in [5, 5.41) is 0. The van der Waals surface area contributed by atoms with Gasteiger partial charge in [0.2, 0.25) is 10.0 Å². The smallest absolute Gasteiger partial charge is 0.241 e. The van der Waals surface area contributed by atoms with Gasteiger partial charge >= 0.3 is 0 Å². The third kappa shape index (κ3) is 6.94. The molecule has 0 aliphatic carbocycles. The first-order valence-corrected chi connectivity index (χ1v) is 9.66. The summed E-state index contributed by atoms with van der Waals surface area (Å²) in [6, 6.07) is 4.43. The van der Waals surface area contributed by atoms with Crippen LogP contribution in [0.25, 0.3) is 0 Å². The van der Waals surface area contributed by atoms with Gasteiger partial charge in [-0.25, -0.2) is 22.3 Å². The van der Waals surface area contributed by atoms with Crippen molar-refractivity contribution in [2.45, 2.75) is 13.0 Å². The SMILES string of the molecule is CS(=O)(=O)NCc1ccc(CC[NH2+]S(C)(=O)=O)cc1F. The summed E-state index contributed by atoms with van der Waals surface area (Å²) in [6.07, 6.45) is 2.51. The van der Waals surface area contributed by atoms with E-state index in [0.717, 1.165) is 12.5 Å². The number of halogens is 1. The van der Waals surface area contributed by atoms with Gasteiger partial charge in [0.1, 0.15) is 5.82 Å². The Hall–Kier alpha value is -1.03. The van der Waals surface area contributed by atoms with E-state index in [2.05, 4.69) is 4.72 Å². The van der Waals surface area contributed by atoms with Gasteiger partial charge in [0.05, 0.1) is 19.1 Å². The fourth-order valence-electron chi connectivity index (χ4n) is 1.54. The number of rotatable bonds is 7. The molecule has 20 heavy (non-hydrogen) atoms. The monoisotopic (exact) mass is 325 g/mol. The second-order valence-corrected chi connectivity index (χ2v) is 8.38. The lowest BCUT2D eigenvalue weighted by atomic mass is 10.1. The Morgan fingerprint density at radius 2 is 1.85 bits per heavy atom. The molecule has 114 valence electrons. The Labute approximate surface area is 118 Å². The van der Waals surface area contributed by atoms with Crippen molar-refractivity contribution in [1.82, 2.24) is 4.72 Å². The molecule has 0 amide bonds. The molecule has 9 heteroatoms. The third-order valence-corrected chi connectivity index (χ3v) is 4.01. The second kappa shape index (κ2) is 6.61. The van der Waals surface area contributed by atoms with E-state index in [9.17, 15) is 21.2 Å². The van der Waals surface area contributed by atoms with Gasteiger partial charge in [0.15, 0.2) is 0 Å². The van der Waals surface area contributed by atoms with Gasteiger partial charge in [-0.3, -0.25) is 0 Å². The maximum Gasteiger partial charge on any atom is 0.291 e. The van der Waals surface area contributed by atoms with Crippen molar-refractivity contribution >= 4 is 20.0 Å². The van der Waals surface area contributed by atoms with Gasteiger partial charge in [-0.05, 0) is 11.6 Å². The van der Waals surface area contributed by atoms with Crippen LogP contribution in [0.3, 0.4) is 0 Å². The van der Waals surface area contributed by atoms with Crippen molar-refractivity contribution in [2.24, 2.45) is 0 Å². The topological polar surface area (TPSA) is 96.9 Å². The zero-order valence-electron chi connectivity index (χ0n) is 11.3. The number of benzene rings is 1. The average molecular weight is 325 g/mol. The molecule has 0 fully saturated rings. The van der Waals surface area contributed by atoms with Gasteiger partial charge in [-0.2, -0.15) is 8.42 Å². The minimum Gasteiger partial charge on any atom is -0.241 e. The maximum absolute atomic E-state index is 13.7. The molecule has 6 nitrogen and oxygen atoms in total. The zero-order chi connectivity index (χ0) is 15.4. The van der Waals surface area contributed by atoms with Crippen LogP contribution in [0.4, 0.5) is 4.39 Å². The number of quaternary nitrogens is 1. The van der Waals surface area contributed by atoms with Crippen LogP contribution in [-0.2, 0) is 33.0 Å². The van der Waals surface area contributed by atoms with E-state index >= 15 is 0 Å². The van der Waals surface area contributed by atoms with Crippen molar-refractivity contribution in [3.63, 3.8) is 0 Å². The van der Waals surface area contributed by atoms with E-state index in [1.807, 2.05) is 0 Å². The largest absolute Gasteiger partial charge is 0.291 e. The average Bonchev–Trinajstić information content (AvgIpc) is 2.24. The van der Waals surface area contributed by atoms with Crippen LogP contribution in [0, 0.1) is 5.82 Å². The van der Waals surface area contributed by atoms with Crippen LogP contribution >= 0.6 is 0 Å². The standard InChI is InChI=1S/C11H17FN2O4S2/c1-19(15,16)13-6-5-9-3-4-10(11(12)7-9)8-14-20(2,17)18/h3-4,7,13-14H,5-6,8H2,1-2H3/p+1. The first-order valence-electron chi connectivity index (χ1n) is 5.82. The molecule has 0 aromatic heterocycles. The van der Waals surface area contributed by atoms with Crippen LogP contribution in [0.2, 0.25) is 0 Å². The van der Waals surface area contributed by atoms with Crippen LogP contribution in [0.15, 0.2) is 18.2 Å². The van der Waals surface area contributed by atoms with E-state index < -0.39 is 25.9 Å². The fraction of sp³-hybridized carbons (Fsp3) is 0.455. The molecule has 0 atom stereocenters. The Balaban J connectivity index is 2.64. The van der Waals surface area contributed by atoms with E-state index in [-0.39, 0.29) is 12.1 Å². The van der Waals surface area contributed by atoms with E-state index in [1.54, 1.807) is 6.07 Å². The zero-order valence-corrected chi connectivity index (χ0v) is 12.9. The van der Waals surface area contributed by atoms with Gasteiger partial charge in [0.25, 0.3) is 10.0 Å². The van der Waals surface area contributed by atoms with Crippen LogP contribution in [0.1, 0.15) is 11.1 Å². The fourth-order valence-corrected chi connectivity index (χ4v) is 2.50. The molecular weight excluding hydrogens is 307 g/mol. The number of hydrogen-bond acceptors (Lipinski definition) is 4. The van der Waals surface area contributed by atoms with Crippen LogP contribution in [-0.4, -0.2) is 35.9 Å². The highest BCUT2D eigenvalue weighted by atomic mass is 32.2. The molecule has 3 N–H and O–H groups in total. The minimum absolute atomic E-state index is 0.111. The summed E-state index contributed by atoms with van der Waals surface area (Å²) in [7, 11) is -6.50. The molecule has 0 saturated carbocycles. The van der Waals surface area contributed by atoms with Crippen molar-refractivity contribution < 1.29 is 25.9 Å². The molecule has 1 rings (SSSR count). The molecule has 0 aliphatic rings. The molecule has 0 radical (unpaired) electrons. The van der Waals surface area contributed by atoms with E-state index in [4.69, 9.17) is 0 Å². The summed E-state index contributed by atoms with van der Waals surface area (Å²) in [5.41, 5.74) is 0.900. The summed E-state index contributed by atoms with van der Waals surface area (Å²) >= 11 is 0. The summed E-state index contributed by atoms with van der Waals surface area (Å²) in [6.45, 7) is 0.194. The summed E-state index contributed by atoms with van der Waals surface area (Å²) in [4.78, 5) is 0. The maximum atomic E-state index is 13.7. The molecule has 1 aromatic rings. The highest BCUT2D eigenvalue weighted by Crippen LogP contribution is 2.10. The molecule has 0 unspecified atom stereocenters. The van der Waals surface area contributed by atoms with Crippen LogP contribution < -0.4 is 9.44 Å². The third-order valence-electron chi connectivity index (χ3n) is 2.50. The van der Waals surface area contributed by atoms with Gasteiger partial charge in [0, 0.05) is 18.5 Å². The highest BCUT2D eigenvalue weighted by Gasteiger charge is 2.08. The minimum atomic E-state index is -3.37. The van der Waals surface area contributed by atoms with Gasteiger partial charge in [-0.15, -0.1) is 0 Å². The predicted molar refractivity (Wildman–Crippen MR) is 73.4 cm³/mol. The molecule has 1 aromatic carbocycles. The Morgan fingerprint density at radius 1 is 1.20 bits per heavy atom. The molecule has 0 aliphatic heterocycles. The molecule has 0 heterocycles. The number of nitrogens with two attached hydrogens (primary N) is 1. The Morgan fingerprint density at radius 3 is 2.35 bits per heavy atom. The summed E-state index contributed by atoms with van der Waals surface area (Å²) in [5.74, 6) is -0.516. The predicted octanol–water partition coefficient (Wildman–Crippen LogP) is -1.06.